The van der Waals surface area contributed by atoms with Crippen molar-refractivity contribution in [2.24, 2.45) is 5.10 Å². The van der Waals surface area contributed by atoms with Gasteiger partial charge in [-0.05, 0) is 64.3 Å². The van der Waals surface area contributed by atoms with Crippen LogP contribution < -0.4 is 15.0 Å². The highest BCUT2D eigenvalue weighted by Crippen LogP contribution is 2.37. The molecule has 0 fully saturated rings. The van der Waals surface area contributed by atoms with Gasteiger partial charge in [-0.1, -0.05) is 28.1 Å². The molecule has 0 amide bonds. The number of nitro groups is 1. The van der Waals surface area contributed by atoms with Crippen LogP contribution in [0, 0.1) is 17.0 Å². The number of hydrogen-bond donors (Lipinski definition) is 0. The van der Waals surface area contributed by atoms with Gasteiger partial charge in [0.25, 0.3) is 11.2 Å². The van der Waals surface area contributed by atoms with Gasteiger partial charge in [-0.15, -0.1) is 0 Å². The molecule has 0 bridgehead atoms. The number of nitrogens with zero attached hydrogens (tertiary/aromatic N) is 4. The maximum atomic E-state index is 12.9. The van der Waals surface area contributed by atoms with Gasteiger partial charge in [-0.3, -0.25) is 14.9 Å². The van der Waals surface area contributed by atoms with E-state index in [1.807, 2.05) is 6.07 Å². The minimum absolute atomic E-state index is 0.00948. The van der Waals surface area contributed by atoms with Crippen LogP contribution in [0.1, 0.15) is 17.0 Å². The molecule has 0 radical (unpaired) electrons. The molecule has 0 aliphatic rings. The predicted octanol–water partition coefficient (Wildman–Crippen LogP) is 5.61. The van der Waals surface area contributed by atoms with E-state index >= 15 is 0 Å². The van der Waals surface area contributed by atoms with Crippen molar-refractivity contribution in [3.63, 3.8) is 0 Å². The molecule has 0 saturated carbocycles. The lowest BCUT2D eigenvalue weighted by Crippen LogP contribution is -2.20. The number of aryl methyl sites for hydroxylation is 1. The zero-order valence-corrected chi connectivity index (χ0v) is 21.7. The first-order valence-corrected chi connectivity index (χ1v) is 11.8. The molecule has 0 saturated heterocycles. The van der Waals surface area contributed by atoms with E-state index in [0.29, 0.717) is 43.8 Å². The number of aromatic nitrogens is 2. The van der Waals surface area contributed by atoms with Crippen molar-refractivity contribution in [3.05, 3.63) is 101 Å². The van der Waals surface area contributed by atoms with E-state index in [2.05, 4.69) is 41.9 Å². The maximum Gasteiger partial charge on any atom is 0.282 e. The number of nitro benzene ring substituents is 1. The third-order valence-corrected chi connectivity index (χ3v) is 6.13. The van der Waals surface area contributed by atoms with Gasteiger partial charge >= 0.3 is 0 Å². The molecule has 9 nitrogen and oxygen atoms in total. The van der Waals surface area contributed by atoms with Gasteiger partial charge in [0.05, 0.1) is 33.6 Å². The lowest BCUT2D eigenvalue weighted by molar-refractivity contribution is -0.384. The quantitative estimate of drug-likeness (QED) is 0.155. The van der Waals surface area contributed by atoms with Crippen molar-refractivity contribution < 1.29 is 14.4 Å². The van der Waals surface area contributed by atoms with Gasteiger partial charge in [0.1, 0.15) is 12.4 Å². The summed E-state index contributed by atoms with van der Waals surface area (Å²) in [6, 6.07) is 15.0. The van der Waals surface area contributed by atoms with Crippen molar-refractivity contribution >= 4 is 54.7 Å². The molecule has 178 valence electrons. The summed E-state index contributed by atoms with van der Waals surface area (Å²) in [5.74, 6) is 1.31. The second-order valence-corrected chi connectivity index (χ2v) is 9.20. The van der Waals surface area contributed by atoms with Crippen LogP contribution >= 0.6 is 31.9 Å². The first kappa shape index (κ1) is 24.6. The number of benzene rings is 3. The first-order chi connectivity index (χ1) is 16.8. The van der Waals surface area contributed by atoms with Crippen LogP contribution in [0.25, 0.3) is 10.9 Å². The Balaban J connectivity index is 1.62. The van der Waals surface area contributed by atoms with E-state index in [1.165, 1.54) is 30.1 Å². The zero-order chi connectivity index (χ0) is 25.1. The molecule has 35 heavy (non-hydrogen) atoms. The van der Waals surface area contributed by atoms with E-state index in [9.17, 15) is 14.9 Å². The van der Waals surface area contributed by atoms with Gasteiger partial charge in [-0.25, -0.2) is 4.98 Å². The van der Waals surface area contributed by atoms with Crippen LogP contribution in [0.3, 0.4) is 0 Å². The first-order valence-electron chi connectivity index (χ1n) is 10.2. The molecule has 0 unspecified atom stereocenters. The third-order valence-electron chi connectivity index (χ3n) is 5.05. The predicted molar refractivity (Wildman–Crippen MR) is 140 cm³/mol. The molecular weight excluding hydrogens is 584 g/mol. The van der Waals surface area contributed by atoms with Crippen LogP contribution in [0.2, 0.25) is 0 Å². The number of rotatable bonds is 7. The highest BCUT2D eigenvalue weighted by Gasteiger charge is 2.13. The normalized spacial score (nSPS) is 11.2. The van der Waals surface area contributed by atoms with Crippen molar-refractivity contribution in [3.8, 4) is 11.5 Å². The number of non-ortho nitro benzene ring substituents is 1. The third kappa shape index (κ3) is 5.41. The van der Waals surface area contributed by atoms with Gasteiger partial charge in [0.2, 0.25) is 0 Å². The molecule has 3 aromatic carbocycles. The summed E-state index contributed by atoms with van der Waals surface area (Å²) < 4.78 is 14.0. The number of halogens is 2. The fourth-order valence-corrected chi connectivity index (χ4v) is 4.33. The number of hydrogen-bond acceptors (Lipinski definition) is 7. The summed E-state index contributed by atoms with van der Waals surface area (Å²) >= 11 is 6.86. The molecule has 1 aromatic heterocycles. The lowest BCUT2D eigenvalue weighted by Gasteiger charge is -2.13. The second-order valence-electron chi connectivity index (χ2n) is 7.43. The van der Waals surface area contributed by atoms with Crippen LogP contribution in [-0.2, 0) is 6.61 Å². The Bertz CT molecular complexity index is 1530. The van der Waals surface area contributed by atoms with Gasteiger partial charge < -0.3 is 9.47 Å². The summed E-state index contributed by atoms with van der Waals surface area (Å²) in [4.78, 5) is 28.0. The SMILES string of the molecule is COc1cc(C=Nn2c(C)nc3ccc(Br)cc3c2=O)cc(Br)c1OCc1cccc([N+](=O)[O-])c1. The Morgan fingerprint density at radius 1 is 1.17 bits per heavy atom. The Labute approximate surface area is 216 Å². The van der Waals surface area contributed by atoms with Crippen molar-refractivity contribution in [1.82, 2.24) is 9.66 Å². The zero-order valence-electron chi connectivity index (χ0n) is 18.6. The van der Waals surface area contributed by atoms with E-state index in [-0.39, 0.29) is 17.9 Å². The maximum absolute atomic E-state index is 12.9. The highest BCUT2D eigenvalue weighted by atomic mass is 79.9. The Kier molecular flexibility index (Phi) is 7.27. The van der Waals surface area contributed by atoms with Crippen LogP contribution in [0.5, 0.6) is 11.5 Å². The Hall–Kier alpha value is -3.57. The average Bonchev–Trinajstić information content (AvgIpc) is 2.83. The second kappa shape index (κ2) is 10.4. The number of ether oxygens (including phenoxy) is 2. The molecule has 4 aromatic rings. The summed E-state index contributed by atoms with van der Waals surface area (Å²) in [5.41, 5.74) is 1.59. The minimum Gasteiger partial charge on any atom is -0.493 e. The smallest absolute Gasteiger partial charge is 0.282 e. The molecule has 0 aliphatic carbocycles. The average molecular weight is 602 g/mol. The minimum atomic E-state index is -0.453. The molecule has 0 spiro atoms. The number of fused-ring (bicyclic) bond motifs is 1. The summed E-state index contributed by atoms with van der Waals surface area (Å²) in [6.45, 7) is 1.82. The van der Waals surface area contributed by atoms with Gasteiger partial charge in [-0.2, -0.15) is 9.78 Å². The van der Waals surface area contributed by atoms with Crippen LogP contribution in [0.4, 0.5) is 5.69 Å². The van der Waals surface area contributed by atoms with Crippen LogP contribution in [0.15, 0.2) is 73.4 Å². The monoisotopic (exact) mass is 600 g/mol. The standard InChI is InChI=1S/C24H18Br2N4O5/c1-14-28-21-7-6-17(25)11-19(21)24(31)29(14)27-12-16-9-20(26)23(22(10-16)34-2)35-13-15-4-3-5-18(8-15)30(32)33/h3-12H,13H2,1-2H3. The van der Waals surface area contributed by atoms with E-state index in [1.54, 1.807) is 43.3 Å². The van der Waals surface area contributed by atoms with Crippen LogP contribution in [-0.4, -0.2) is 27.9 Å². The molecule has 1 heterocycles. The van der Waals surface area contributed by atoms with Crippen molar-refractivity contribution in [1.29, 1.82) is 0 Å². The molecule has 0 aliphatic heterocycles. The van der Waals surface area contributed by atoms with E-state index in [0.717, 1.165) is 4.47 Å². The van der Waals surface area contributed by atoms with Gasteiger partial charge in [0.15, 0.2) is 11.5 Å². The van der Waals surface area contributed by atoms with E-state index < -0.39 is 4.92 Å². The fraction of sp³-hybridized carbons (Fsp3) is 0.125. The Morgan fingerprint density at radius 3 is 2.71 bits per heavy atom. The lowest BCUT2D eigenvalue weighted by atomic mass is 10.2. The topological polar surface area (TPSA) is 109 Å². The molecule has 11 heteroatoms. The Morgan fingerprint density at radius 2 is 1.97 bits per heavy atom. The highest BCUT2D eigenvalue weighted by molar-refractivity contribution is 9.10. The molecule has 0 N–H and O–H groups in total. The largest absolute Gasteiger partial charge is 0.493 e. The number of methoxy groups -OCH3 is 1. The summed E-state index contributed by atoms with van der Waals surface area (Å²) in [6.07, 6.45) is 1.53. The molecule has 4 rings (SSSR count). The summed E-state index contributed by atoms with van der Waals surface area (Å²) in [5, 5.41) is 15.8. The summed E-state index contributed by atoms with van der Waals surface area (Å²) in [7, 11) is 1.50. The van der Waals surface area contributed by atoms with Crippen molar-refractivity contribution in [2.75, 3.05) is 7.11 Å². The van der Waals surface area contributed by atoms with E-state index in [4.69, 9.17) is 9.47 Å². The molecule has 0 atom stereocenters. The fourth-order valence-electron chi connectivity index (χ4n) is 3.39. The van der Waals surface area contributed by atoms with Gasteiger partial charge in [0, 0.05) is 16.6 Å². The molecular formula is C24H18Br2N4O5. The van der Waals surface area contributed by atoms with Crippen molar-refractivity contribution in [2.45, 2.75) is 13.5 Å².